The Morgan fingerprint density at radius 3 is 2.47 bits per heavy atom. The van der Waals surface area contributed by atoms with E-state index in [0.717, 1.165) is 16.7 Å². The van der Waals surface area contributed by atoms with Crippen molar-refractivity contribution in [2.75, 3.05) is 5.32 Å². The average molecular weight is 356 g/mol. The van der Waals surface area contributed by atoms with Gasteiger partial charge in [-0.25, -0.2) is 0 Å². The average Bonchev–Trinajstić information content (AvgIpc) is 2.37. The summed E-state index contributed by atoms with van der Waals surface area (Å²) in [5.41, 5.74) is 8.40. The van der Waals surface area contributed by atoms with Crippen molar-refractivity contribution < 1.29 is 0 Å². The summed E-state index contributed by atoms with van der Waals surface area (Å²) >= 11 is 14.4. The number of thiocarbonyl (C=S) groups is 1. The molecule has 0 aliphatic rings. The van der Waals surface area contributed by atoms with Gasteiger partial charge >= 0.3 is 0 Å². The van der Waals surface area contributed by atoms with Crippen molar-refractivity contribution in [3.05, 3.63) is 63.1 Å². The highest BCUT2D eigenvalue weighted by Crippen LogP contribution is 2.21. The lowest BCUT2D eigenvalue weighted by Gasteiger charge is -2.09. The molecule has 0 unspecified atom stereocenters. The zero-order chi connectivity index (χ0) is 13.8. The van der Waals surface area contributed by atoms with Gasteiger partial charge in [0.05, 0.1) is 5.02 Å². The van der Waals surface area contributed by atoms with Crippen molar-refractivity contribution in [3.8, 4) is 0 Å². The van der Waals surface area contributed by atoms with E-state index in [0.29, 0.717) is 15.6 Å². The Bertz CT molecular complexity index is 599. The van der Waals surface area contributed by atoms with Gasteiger partial charge in [0.25, 0.3) is 0 Å². The molecular weight excluding hydrogens is 344 g/mol. The lowest BCUT2D eigenvalue weighted by atomic mass is 10.2. The van der Waals surface area contributed by atoms with E-state index in [-0.39, 0.29) is 0 Å². The first-order valence-electron chi connectivity index (χ1n) is 5.64. The highest BCUT2D eigenvalue weighted by molar-refractivity contribution is 9.10. The molecule has 19 heavy (non-hydrogen) atoms. The van der Waals surface area contributed by atoms with Crippen LogP contribution < -0.4 is 11.1 Å². The lowest BCUT2D eigenvalue weighted by Crippen LogP contribution is -2.10. The van der Waals surface area contributed by atoms with Gasteiger partial charge in [-0.2, -0.15) is 0 Å². The van der Waals surface area contributed by atoms with E-state index in [9.17, 15) is 0 Å². The Morgan fingerprint density at radius 2 is 1.89 bits per heavy atom. The smallest absolute Gasteiger partial charge is 0.105 e. The maximum atomic E-state index is 6.11. The minimum Gasteiger partial charge on any atom is -0.389 e. The minimum atomic E-state index is 0.310. The van der Waals surface area contributed by atoms with Gasteiger partial charge in [0.2, 0.25) is 0 Å². The molecule has 0 atom stereocenters. The standard InChI is InChI=1S/C14H12BrClN2S/c15-10-3-1-9(2-4-10)8-18-11-5-6-12(14(17)19)13(16)7-11/h1-7,18H,8H2,(H2,17,19). The summed E-state index contributed by atoms with van der Waals surface area (Å²) in [5.74, 6) is 0. The predicted octanol–water partition coefficient (Wildman–Crippen LogP) is 4.35. The van der Waals surface area contributed by atoms with Crippen molar-refractivity contribution in [1.29, 1.82) is 0 Å². The van der Waals surface area contributed by atoms with Crippen LogP contribution in [0.1, 0.15) is 11.1 Å². The molecule has 5 heteroatoms. The first kappa shape index (κ1) is 14.3. The van der Waals surface area contributed by atoms with Gasteiger partial charge < -0.3 is 11.1 Å². The third-order valence-corrected chi connectivity index (χ3v) is 3.71. The Labute approximate surface area is 131 Å². The summed E-state index contributed by atoms with van der Waals surface area (Å²) in [4.78, 5) is 0.310. The fraction of sp³-hybridized carbons (Fsp3) is 0.0714. The van der Waals surface area contributed by atoms with Crippen molar-refractivity contribution in [2.24, 2.45) is 5.73 Å². The number of benzene rings is 2. The molecule has 0 radical (unpaired) electrons. The summed E-state index contributed by atoms with van der Waals surface area (Å²) in [6.07, 6.45) is 0. The number of nitrogens with one attached hydrogen (secondary N) is 1. The van der Waals surface area contributed by atoms with Crippen LogP contribution in [0, 0.1) is 0 Å². The maximum absolute atomic E-state index is 6.11. The third-order valence-electron chi connectivity index (χ3n) is 2.64. The Morgan fingerprint density at radius 1 is 1.21 bits per heavy atom. The zero-order valence-corrected chi connectivity index (χ0v) is 13.1. The number of hydrogen-bond donors (Lipinski definition) is 2. The first-order valence-corrected chi connectivity index (χ1v) is 7.22. The SMILES string of the molecule is NC(=S)c1ccc(NCc2ccc(Br)cc2)cc1Cl. The van der Waals surface area contributed by atoms with Gasteiger partial charge in [-0.3, -0.25) is 0 Å². The van der Waals surface area contributed by atoms with Gasteiger partial charge in [-0.05, 0) is 35.9 Å². The van der Waals surface area contributed by atoms with E-state index in [1.807, 2.05) is 30.3 Å². The number of hydrogen-bond acceptors (Lipinski definition) is 2. The molecule has 0 heterocycles. The summed E-state index contributed by atoms with van der Waals surface area (Å²) in [6.45, 7) is 0.732. The molecule has 2 aromatic rings. The molecule has 0 saturated heterocycles. The van der Waals surface area contributed by atoms with Crippen molar-refractivity contribution >= 4 is 50.4 Å². The summed E-state index contributed by atoms with van der Waals surface area (Å²) in [5, 5.41) is 3.87. The molecule has 0 aromatic heterocycles. The third kappa shape index (κ3) is 3.93. The molecule has 0 aliphatic carbocycles. The fourth-order valence-electron chi connectivity index (χ4n) is 1.63. The van der Waals surface area contributed by atoms with Crippen LogP contribution >= 0.6 is 39.7 Å². The number of rotatable bonds is 4. The Hall–Kier alpha value is -1.10. The van der Waals surface area contributed by atoms with Crippen molar-refractivity contribution in [3.63, 3.8) is 0 Å². The second-order valence-corrected chi connectivity index (χ2v) is 5.80. The summed E-state index contributed by atoms with van der Waals surface area (Å²) < 4.78 is 1.07. The molecule has 0 fully saturated rings. The van der Waals surface area contributed by atoms with Crippen LogP contribution in [0.15, 0.2) is 46.9 Å². The van der Waals surface area contributed by atoms with Crippen LogP contribution in [0.3, 0.4) is 0 Å². The molecule has 0 amide bonds. The topological polar surface area (TPSA) is 38.0 Å². The molecule has 2 aromatic carbocycles. The van der Waals surface area contributed by atoms with E-state index >= 15 is 0 Å². The van der Waals surface area contributed by atoms with Gasteiger partial charge in [0.1, 0.15) is 4.99 Å². The van der Waals surface area contributed by atoms with Crippen molar-refractivity contribution in [2.45, 2.75) is 6.54 Å². The van der Waals surface area contributed by atoms with Crippen LogP contribution in [-0.2, 0) is 6.54 Å². The van der Waals surface area contributed by atoms with Crippen LogP contribution in [-0.4, -0.2) is 4.99 Å². The normalized spacial score (nSPS) is 10.2. The molecule has 3 N–H and O–H groups in total. The minimum absolute atomic E-state index is 0.310. The van der Waals surface area contributed by atoms with Gasteiger partial charge in [0.15, 0.2) is 0 Å². The highest BCUT2D eigenvalue weighted by atomic mass is 79.9. The Kier molecular flexibility index (Phi) is 4.80. The zero-order valence-electron chi connectivity index (χ0n) is 9.99. The summed E-state index contributed by atoms with van der Waals surface area (Å²) in [6, 6.07) is 13.7. The number of anilines is 1. The molecule has 2 rings (SSSR count). The molecule has 0 aliphatic heterocycles. The van der Waals surface area contributed by atoms with Crippen LogP contribution in [0.5, 0.6) is 0 Å². The quantitative estimate of drug-likeness (QED) is 0.801. The van der Waals surface area contributed by atoms with Crippen LogP contribution in [0.25, 0.3) is 0 Å². The van der Waals surface area contributed by atoms with Gasteiger partial charge in [0, 0.05) is 22.3 Å². The highest BCUT2D eigenvalue weighted by Gasteiger charge is 2.04. The molecule has 2 nitrogen and oxygen atoms in total. The van der Waals surface area contributed by atoms with E-state index < -0.39 is 0 Å². The summed E-state index contributed by atoms with van der Waals surface area (Å²) in [7, 11) is 0. The lowest BCUT2D eigenvalue weighted by molar-refractivity contribution is 1.15. The number of halogens is 2. The van der Waals surface area contributed by atoms with Gasteiger partial charge in [-0.1, -0.05) is 51.9 Å². The van der Waals surface area contributed by atoms with E-state index in [4.69, 9.17) is 29.6 Å². The monoisotopic (exact) mass is 354 g/mol. The fourth-order valence-corrected chi connectivity index (χ4v) is 2.41. The van der Waals surface area contributed by atoms with Crippen LogP contribution in [0.2, 0.25) is 5.02 Å². The first-order chi connectivity index (χ1) is 9.06. The molecule has 0 spiro atoms. The molecule has 0 bridgehead atoms. The van der Waals surface area contributed by atoms with Crippen molar-refractivity contribution in [1.82, 2.24) is 0 Å². The predicted molar refractivity (Wildman–Crippen MR) is 88.8 cm³/mol. The molecule has 0 saturated carbocycles. The molecular formula is C14H12BrClN2S. The van der Waals surface area contributed by atoms with E-state index in [1.54, 1.807) is 0 Å². The largest absolute Gasteiger partial charge is 0.389 e. The maximum Gasteiger partial charge on any atom is 0.105 e. The molecule has 98 valence electrons. The second kappa shape index (κ2) is 6.37. The number of nitrogens with two attached hydrogens (primary N) is 1. The van der Waals surface area contributed by atoms with Crippen LogP contribution in [0.4, 0.5) is 5.69 Å². The van der Waals surface area contributed by atoms with E-state index in [1.165, 1.54) is 5.56 Å². The Balaban J connectivity index is 2.06. The van der Waals surface area contributed by atoms with E-state index in [2.05, 4.69) is 33.4 Å². The second-order valence-electron chi connectivity index (χ2n) is 4.04. The van der Waals surface area contributed by atoms with Gasteiger partial charge in [-0.15, -0.1) is 0 Å².